The lowest BCUT2D eigenvalue weighted by molar-refractivity contribution is 0.0854. The van der Waals surface area contributed by atoms with Crippen molar-refractivity contribution in [3.8, 4) is 0 Å². The third-order valence-corrected chi connectivity index (χ3v) is 2.22. The van der Waals surface area contributed by atoms with Crippen molar-refractivity contribution < 1.29 is 14.6 Å². The lowest BCUT2D eigenvalue weighted by Crippen LogP contribution is -2.08. The molecule has 18 heavy (non-hydrogen) atoms. The van der Waals surface area contributed by atoms with E-state index >= 15 is 0 Å². The first kappa shape index (κ1) is 14.5. The predicted molar refractivity (Wildman–Crippen MR) is 69.4 cm³/mol. The van der Waals surface area contributed by atoms with E-state index in [4.69, 9.17) is 14.6 Å². The molecule has 1 rings (SSSR count). The highest BCUT2D eigenvalue weighted by molar-refractivity contribution is 5.37. The van der Waals surface area contributed by atoms with Crippen LogP contribution in [0.2, 0.25) is 0 Å². The third-order valence-electron chi connectivity index (χ3n) is 2.22. The summed E-state index contributed by atoms with van der Waals surface area (Å²) in [6.07, 6.45) is 6.07. The molecule has 0 aliphatic carbocycles. The van der Waals surface area contributed by atoms with Crippen LogP contribution in [-0.4, -0.2) is 47.9 Å². The fourth-order valence-electron chi connectivity index (χ4n) is 1.37. The van der Waals surface area contributed by atoms with E-state index in [9.17, 15) is 0 Å². The van der Waals surface area contributed by atoms with Crippen LogP contribution >= 0.6 is 0 Å². The molecule has 0 aliphatic rings. The van der Waals surface area contributed by atoms with E-state index in [-0.39, 0.29) is 6.61 Å². The molecule has 0 atom stereocenters. The van der Waals surface area contributed by atoms with Gasteiger partial charge < -0.3 is 19.9 Å². The van der Waals surface area contributed by atoms with Gasteiger partial charge in [-0.2, -0.15) is 5.10 Å². The Balaban J connectivity index is 2.11. The Kier molecular flexibility index (Phi) is 7.66. The average molecular weight is 255 g/mol. The summed E-state index contributed by atoms with van der Waals surface area (Å²) in [5, 5.41) is 16.0. The molecule has 102 valence electrons. The molecule has 0 saturated heterocycles. The first-order chi connectivity index (χ1) is 8.86. The number of ether oxygens (including phenoxy) is 2. The minimum absolute atomic E-state index is 0.0543. The summed E-state index contributed by atoms with van der Waals surface area (Å²) < 4.78 is 12.0. The number of anilines is 1. The van der Waals surface area contributed by atoms with E-state index in [0.29, 0.717) is 26.4 Å². The lowest BCUT2D eigenvalue weighted by Gasteiger charge is -2.03. The second-order valence-corrected chi connectivity index (χ2v) is 3.65. The van der Waals surface area contributed by atoms with Crippen molar-refractivity contribution in [1.29, 1.82) is 0 Å². The van der Waals surface area contributed by atoms with E-state index < -0.39 is 0 Å². The maximum atomic E-state index is 8.55. The third kappa shape index (κ3) is 6.27. The minimum Gasteiger partial charge on any atom is -0.502 e. The number of nitrogens with zero attached hydrogens (tertiary/aromatic N) is 2. The van der Waals surface area contributed by atoms with Gasteiger partial charge in [0.2, 0.25) is 0 Å². The molecule has 0 saturated carbocycles. The number of rotatable bonds is 11. The number of aliphatic hydroxyl groups is 1. The number of aliphatic hydroxyl groups excluding tert-OH is 1. The summed E-state index contributed by atoms with van der Waals surface area (Å²) in [6.45, 7) is 6.64. The molecule has 2 N–H and O–H groups in total. The topological polar surface area (TPSA) is 68.5 Å². The molecule has 1 aromatic rings. The summed E-state index contributed by atoms with van der Waals surface area (Å²) in [5.41, 5.74) is 0.982. The fraction of sp³-hybridized carbons (Fsp3) is 0.583. The van der Waals surface area contributed by atoms with Crippen molar-refractivity contribution >= 4 is 5.69 Å². The van der Waals surface area contributed by atoms with Crippen LogP contribution < -0.4 is 5.32 Å². The summed E-state index contributed by atoms with van der Waals surface area (Å²) in [4.78, 5) is 0. The molecule has 0 aliphatic heterocycles. The van der Waals surface area contributed by atoms with Crippen molar-refractivity contribution in [1.82, 2.24) is 9.78 Å². The Bertz CT molecular complexity index is 328. The van der Waals surface area contributed by atoms with Crippen LogP contribution in [0.15, 0.2) is 25.2 Å². The van der Waals surface area contributed by atoms with Gasteiger partial charge in [0.1, 0.15) is 0 Å². The van der Waals surface area contributed by atoms with Crippen LogP contribution in [-0.2, 0) is 16.0 Å². The Hall–Kier alpha value is -1.53. The van der Waals surface area contributed by atoms with Crippen LogP contribution in [0.1, 0.15) is 6.42 Å². The highest BCUT2D eigenvalue weighted by Crippen LogP contribution is 2.04. The van der Waals surface area contributed by atoms with Gasteiger partial charge in [-0.3, -0.25) is 4.68 Å². The first-order valence-corrected chi connectivity index (χ1v) is 6.04. The van der Waals surface area contributed by atoms with Gasteiger partial charge in [-0.25, -0.2) is 0 Å². The highest BCUT2D eigenvalue weighted by Gasteiger charge is 1.97. The first-order valence-electron chi connectivity index (χ1n) is 6.04. The van der Waals surface area contributed by atoms with E-state index in [2.05, 4.69) is 17.0 Å². The van der Waals surface area contributed by atoms with Crippen molar-refractivity contribution in [2.75, 3.05) is 38.3 Å². The van der Waals surface area contributed by atoms with Gasteiger partial charge in [0.25, 0.3) is 0 Å². The molecule has 0 fully saturated rings. The van der Waals surface area contributed by atoms with E-state index in [0.717, 1.165) is 18.7 Å². The second kappa shape index (κ2) is 9.49. The Morgan fingerprint density at radius 1 is 1.44 bits per heavy atom. The summed E-state index contributed by atoms with van der Waals surface area (Å²) in [7, 11) is 0. The maximum Gasteiger partial charge on any atom is 0.0889 e. The maximum absolute atomic E-state index is 8.55. The Morgan fingerprint density at radius 3 is 3.11 bits per heavy atom. The van der Waals surface area contributed by atoms with Crippen molar-refractivity contribution in [3.63, 3.8) is 0 Å². The summed E-state index contributed by atoms with van der Waals surface area (Å²) >= 11 is 0. The SMILES string of the molecule is C=COCCCNc1cnn(CCOCCO)c1. The standard InChI is InChI=1S/C12H21N3O3/c1-2-17-7-3-4-13-12-10-14-15(11-12)5-8-18-9-6-16/h2,10-11,13,16H,1,3-9H2. The van der Waals surface area contributed by atoms with Crippen molar-refractivity contribution in [2.24, 2.45) is 0 Å². The zero-order valence-corrected chi connectivity index (χ0v) is 10.5. The molecule has 0 bridgehead atoms. The molecule has 0 aromatic carbocycles. The van der Waals surface area contributed by atoms with Gasteiger partial charge in [-0.15, -0.1) is 0 Å². The molecule has 1 aromatic heterocycles. The Labute approximate surface area is 107 Å². The molecule has 1 heterocycles. The quantitative estimate of drug-likeness (QED) is 0.453. The Morgan fingerprint density at radius 2 is 2.33 bits per heavy atom. The highest BCUT2D eigenvalue weighted by atomic mass is 16.5. The minimum atomic E-state index is 0.0543. The van der Waals surface area contributed by atoms with Crippen LogP contribution in [0.5, 0.6) is 0 Å². The van der Waals surface area contributed by atoms with E-state index in [1.807, 2.05) is 6.20 Å². The van der Waals surface area contributed by atoms with Gasteiger partial charge in [0, 0.05) is 12.7 Å². The largest absolute Gasteiger partial charge is 0.502 e. The molecule has 0 amide bonds. The fourth-order valence-corrected chi connectivity index (χ4v) is 1.37. The zero-order valence-electron chi connectivity index (χ0n) is 10.5. The van der Waals surface area contributed by atoms with Gasteiger partial charge in [-0.05, 0) is 6.42 Å². The number of nitrogens with one attached hydrogen (secondary N) is 1. The monoisotopic (exact) mass is 255 g/mol. The predicted octanol–water partition coefficient (Wildman–Crippen LogP) is 0.854. The zero-order chi connectivity index (χ0) is 13.1. The normalized spacial score (nSPS) is 10.3. The average Bonchev–Trinajstić information content (AvgIpc) is 2.82. The van der Waals surface area contributed by atoms with E-state index in [1.54, 1.807) is 10.9 Å². The van der Waals surface area contributed by atoms with Crippen LogP contribution in [0.3, 0.4) is 0 Å². The van der Waals surface area contributed by atoms with Crippen molar-refractivity contribution in [3.05, 3.63) is 25.2 Å². The molecule has 6 nitrogen and oxygen atoms in total. The number of hydrogen-bond acceptors (Lipinski definition) is 5. The smallest absolute Gasteiger partial charge is 0.0889 e. The number of aromatic nitrogens is 2. The molecular formula is C12H21N3O3. The van der Waals surface area contributed by atoms with Crippen molar-refractivity contribution in [2.45, 2.75) is 13.0 Å². The van der Waals surface area contributed by atoms with Crippen LogP contribution in [0.4, 0.5) is 5.69 Å². The van der Waals surface area contributed by atoms with Crippen LogP contribution in [0, 0.1) is 0 Å². The molecular weight excluding hydrogens is 234 g/mol. The molecule has 0 radical (unpaired) electrons. The molecule has 0 spiro atoms. The van der Waals surface area contributed by atoms with Gasteiger partial charge >= 0.3 is 0 Å². The van der Waals surface area contributed by atoms with E-state index in [1.165, 1.54) is 6.26 Å². The number of hydrogen-bond donors (Lipinski definition) is 2. The summed E-state index contributed by atoms with van der Waals surface area (Å²) in [6, 6.07) is 0. The lowest BCUT2D eigenvalue weighted by atomic mass is 10.4. The van der Waals surface area contributed by atoms with Crippen LogP contribution in [0.25, 0.3) is 0 Å². The molecule has 0 unspecified atom stereocenters. The molecule has 6 heteroatoms. The summed E-state index contributed by atoms with van der Waals surface area (Å²) in [5.74, 6) is 0. The van der Waals surface area contributed by atoms with Gasteiger partial charge in [0.15, 0.2) is 0 Å². The van der Waals surface area contributed by atoms with Gasteiger partial charge in [-0.1, -0.05) is 6.58 Å². The van der Waals surface area contributed by atoms with Gasteiger partial charge in [0.05, 0.1) is 51.1 Å². The second-order valence-electron chi connectivity index (χ2n) is 3.65.